The average Bonchev–Trinajstić information content (AvgIpc) is 2.53. The second-order valence-electron chi connectivity index (χ2n) is 5.82. The lowest BCUT2D eigenvalue weighted by Crippen LogP contribution is -2.51. The predicted molar refractivity (Wildman–Crippen MR) is 82.1 cm³/mol. The summed E-state index contributed by atoms with van der Waals surface area (Å²) in [7, 11) is -3.39. The van der Waals surface area contributed by atoms with E-state index in [0.29, 0.717) is 38.7 Å². The average molecular weight is 320 g/mol. The molecular formula is C13H28N4O3S. The highest BCUT2D eigenvalue weighted by Crippen LogP contribution is 2.17. The third kappa shape index (κ3) is 4.87. The number of nitrogens with two attached hydrogens (primary N) is 1. The Morgan fingerprint density at radius 2 is 2.00 bits per heavy atom. The van der Waals surface area contributed by atoms with Gasteiger partial charge in [0.1, 0.15) is 0 Å². The molecule has 0 aromatic rings. The summed E-state index contributed by atoms with van der Waals surface area (Å²) < 4.78 is 34.4. The van der Waals surface area contributed by atoms with Crippen LogP contribution in [0.5, 0.6) is 0 Å². The quantitative estimate of drug-likeness (QED) is 0.670. The maximum atomic E-state index is 12.3. The van der Waals surface area contributed by atoms with Crippen LogP contribution in [0.25, 0.3) is 0 Å². The number of ether oxygens (including phenoxy) is 1. The fourth-order valence-electron chi connectivity index (χ4n) is 2.87. The second-order valence-corrected chi connectivity index (χ2v) is 7.57. The van der Waals surface area contributed by atoms with Gasteiger partial charge in [0.2, 0.25) is 0 Å². The van der Waals surface area contributed by atoms with Crippen molar-refractivity contribution in [3.05, 3.63) is 0 Å². The first-order valence-corrected chi connectivity index (χ1v) is 9.28. The number of hydrogen-bond acceptors (Lipinski definition) is 5. The van der Waals surface area contributed by atoms with Gasteiger partial charge < -0.3 is 10.5 Å². The first-order chi connectivity index (χ1) is 10.0. The van der Waals surface area contributed by atoms with E-state index in [1.807, 2.05) is 0 Å². The highest BCUT2D eigenvalue weighted by molar-refractivity contribution is 7.87. The molecule has 2 heterocycles. The van der Waals surface area contributed by atoms with E-state index in [9.17, 15) is 8.42 Å². The molecule has 0 saturated carbocycles. The molecule has 2 saturated heterocycles. The van der Waals surface area contributed by atoms with Gasteiger partial charge in [0, 0.05) is 32.7 Å². The van der Waals surface area contributed by atoms with Gasteiger partial charge in [-0.2, -0.15) is 17.4 Å². The molecule has 0 aliphatic carbocycles. The molecule has 0 spiro atoms. The number of hydrogen-bond donors (Lipinski definition) is 2. The zero-order valence-corrected chi connectivity index (χ0v) is 13.6. The van der Waals surface area contributed by atoms with E-state index in [1.165, 1.54) is 4.31 Å². The monoisotopic (exact) mass is 320 g/mol. The standard InChI is InChI=1S/C13H28N4O3S/c1-2-16-7-8-20-13(11-16)10-15-21(18,19)17-5-3-12(9-14)4-6-17/h12-13,15H,2-11,14H2,1H3. The molecule has 2 aliphatic heterocycles. The Labute approximate surface area is 128 Å². The van der Waals surface area contributed by atoms with E-state index in [4.69, 9.17) is 10.5 Å². The lowest BCUT2D eigenvalue weighted by Gasteiger charge is -2.34. The van der Waals surface area contributed by atoms with Crippen LogP contribution in [0.4, 0.5) is 0 Å². The van der Waals surface area contributed by atoms with Crippen molar-refractivity contribution in [1.29, 1.82) is 0 Å². The third-order valence-corrected chi connectivity index (χ3v) is 5.99. The first-order valence-electron chi connectivity index (χ1n) is 7.84. The van der Waals surface area contributed by atoms with Crippen molar-refractivity contribution in [2.75, 3.05) is 52.4 Å². The fraction of sp³-hybridized carbons (Fsp3) is 1.00. The summed E-state index contributed by atoms with van der Waals surface area (Å²) in [5.41, 5.74) is 5.64. The molecule has 7 nitrogen and oxygen atoms in total. The molecule has 0 radical (unpaired) electrons. The maximum absolute atomic E-state index is 12.3. The van der Waals surface area contributed by atoms with Crippen LogP contribution in [0.1, 0.15) is 19.8 Å². The molecule has 1 unspecified atom stereocenters. The number of morpholine rings is 1. The molecule has 2 fully saturated rings. The lowest BCUT2D eigenvalue weighted by molar-refractivity contribution is -0.0230. The van der Waals surface area contributed by atoms with Crippen molar-refractivity contribution in [2.24, 2.45) is 11.7 Å². The number of nitrogens with one attached hydrogen (secondary N) is 1. The van der Waals surface area contributed by atoms with Gasteiger partial charge in [-0.15, -0.1) is 0 Å². The molecule has 0 aromatic carbocycles. The van der Waals surface area contributed by atoms with Crippen molar-refractivity contribution in [3.8, 4) is 0 Å². The number of piperidine rings is 1. The van der Waals surface area contributed by atoms with Gasteiger partial charge in [-0.1, -0.05) is 6.92 Å². The van der Waals surface area contributed by atoms with Crippen LogP contribution in [0.15, 0.2) is 0 Å². The zero-order valence-electron chi connectivity index (χ0n) is 12.8. The van der Waals surface area contributed by atoms with Crippen molar-refractivity contribution in [1.82, 2.24) is 13.9 Å². The minimum absolute atomic E-state index is 0.0601. The van der Waals surface area contributed by atoms with Crippen LogP contribution in [0.2, 0.25) is 0 Å². The highest BCUT2D eigenvalue weighted by Gasteiger charge is 2.28. The molecule has 8 heteroatoms. The fourth-order valence-corrected chi connectivity index (χ4v) is 4.14. The van der Waals surface area contributed by atoms with Gasteiger partial charge >= 0.3 is 0 Å². The molecule has 2 rings (SSSR count). The van der Waals surface area contributed by atoms with Gasteiger partial charge in [-0.3, -0.25) is 4.90 Å². The molecule has 0 aromatic heterocycles. The first kappa shape index (κ1) is 17.1. The van der Waals surface area contributed by atoms with Crippen LogP contribution in [-0.4, -0.2) is 76.1 Å². The SMILES string of the molecule is CCN1CCOC(CNS(=O)(=O)N2CCC(CN)CC2)C1. The second kappa shape index (κ2) is 7.85. The van der Waals surface area contributed by atoms with E-state index >= 15 is 0 Å². The molecule has 124 valence electrons. The summed E-state index contributed by atoms with van der Waals surface area (Å²) in [6, 6.07) is 0. The molecule has 0 amide bonds. The third-order valence-electron chi connectivity index (χ3n) is 4.41. The smallest absolute Gasteiger partial charge is 0.279 e. The number of likely N-dealkylation sites (N-methyl/N-ethyl adjacent to an activating group) is 1. The highest BCUT2D eigenvalue weighted by atomic mass is 32.2. The van der Waals surface area contributed by atoms with E-state index in [-0.39, 0.29) is 6.10 Å². The van der Waals surface area contributed by atoms with Crippen LogP contribution in [-0.2, 0) is 14.9 Å². The maximum Gasteiger partial charge on any atom is 0.279 e. The van der Waals surface area contributed by atoms with Crippen LogP contribution >= 0.6 is 0 Å². The molecule has 21 heavy (non-hydrogen) atoms. The van der Waals surface area contributed by atoms with Gasteiger partial charge in [0.05, 0.1) is 12.7 Å². The van der Waals surface area contributed by atoms with Gasteiger partial charge in [-0.25, -0.2) is 0 Å². The van der Waals surface area contributed by atoms with Gasteiger partial charge in [0.15, 0.2) is 0 Å². The van der Waals surface area contributed by atoms with Crippen molar-refractivity contribution >= 4 is 10.2 Å². The predicted octanol–water partition coefficient (Wildman–Crippen LogP) is -0.788. The van der Waals surface area contributed by atoms with E-state index in [2.05, 4.69) is 16.5 Å². The molecule has 0 bridgehead atoms. The molecule has 3 N–H and O–H groups in total. The normalized spacial score (nSPS) is 27.0. The van der Waals surface area contributed by atoms with Crippen LogP contribution in [0, 0.1) is 5.92 Å². The zero-order chi connectivity index (χ0) is 15.3. The number of rotatable bonds is 6. The Morgan fingerprint density at radius 3 is 2.62 bits per heavy atom. The Kier molecular flexibility index (Phi) is 6.39. The molecular weight excluding hydrogens is 292 g/mol. The Bertz CT molecular complexity index is 410. The Morgan fingerprint density at radius 1 is 1.29 bits per heavy atom. The summed E-state index contributed by atoms with van der Waals surface area (Å²) in [5, 5.41) is 0. The van der Waals surface area contributed by atoms with E-state index in [0.717, 1.165) is 32.5 Å². The Hall–Kier alpha value is -0.250. The topological polar surface area (TPSA) is 87.9 Å². The minimum atomic E-state index is -3.39. The van der Waals surface area contributed by atoms with Gasteiger partial charge in [0.25, 0.3) is 10.2 Å². The van der Waals surface area contributed by atoms with Crippen LogP contribution < -0.4 is 10.5 Å². The molecule has 1 atom stereocenters. The largest absolute Gasteiger partial charge is 0.374 e. The summed E-state index contributed by atoms with van der Waals surface area (Å²) in [4.78, 5) is 2.27. The summed E-state index contributed by atoms with van der Waals surface area (Å²) in [6.07, 6.45) is 1.64. The Balaban J connectivity index is 1.79. The number of nitrogens with zero attached hydrogens (tertiary/aromatic N) is 2. The van der Waals surface area contributed by atoms with Crippen molar-refractivity contribution in [3.63, 3.8) is 0 Å². The van der Waals surface area contributed by atoms with Gasteiger partial charge in [-0.05, 0) is 31.8 Å². The lowest BCUT2D eigenvalue weighted by atomic mass is 9.99. The van der Waals surface area contributed by atoms with Crippen LogP contribution in [0.3, 0.4) is 0 Å². The van der Waals surface area contributed by atoms with E-state index < -0.39 is 10.2 Å². The van der Waals surface area contributed by atoms with E-state index in [1.54, 1.807) is 0 Å². The summed E-state index contributed by atoms with van der Waals surface area (Å²) in [5.74, 6) is 0.455. The summed E-state index contributed by atoms with van der Waals surface area (Å²) in [6.45, 7) is 7.56. The van der Waals surface area contributed by atoms with Crippen molar-refractivity contribution < 1.29 is 13.2 Å². The van der Waals surface area contributed by atoms with Crippen molar-refractivity contribution in [2.45, 2.75) is 25.9 Å². The summed E-state index contributed by atoms with van der Waals surface area (Å²) >= 11 is 0. The molecule has 2 aliphatic rings. The minimum Gasteiger partial charge on any atom is -0.374 e.